The summed E-state index contributed by atoms with van der Waals surface area (Å²) in [4.78, 5) is 0. The molecule has 1 heterocycles. The lowest BCUT2D eigenvalue weighted by Crippen LogP contribution is -2.38. The van der Waals surface area contributed by atoms with E-state index in [-0.39, 0.29) is 0 Å². The number of aryl methyl sites for hydroxylation is 1. The summed E-state index contributed by atoms with van der Waals surface area (Å²) in [7, 11) is 1.73. The first-order valence-electron chi connectivity index (χ1n) is 7.92. The Morgan fingerprint density at radius 2 is 2.10 bits per heavy atom. The van der Waals surface area contributed by atoms with Crippen LogP contribution in [0.3, 0.4) is 0 Å². The van der Waals surface area contributed by atoms with Crippen molar-refractivity contribution >= 4 is 5.69 Å². The minimum atomic E-state index is 0.624. The second kappa shape index (κ2) is 6.04. The summed E-state index contributed by atoms with van der Waals surface area (Å²) in [6.45, 7) is 3.31. The Bertz CT molecular complexity index is 454. The van der Waals surface area contributed by atoms with Crippen LogP contribution in [0.1, 0.15) is 37.7 Å². The van der Waals surface area contributed by atoms with Crippen LogP contribution >= 0.6 is 0 Å². The van der Waals surface area contributed by atoms with Gasteiger partial charge in [0.25, 0.3) is 0 Å². The maximum absolute atomic E-state index is 5.33. The number of benzene rings is 1. The lowest BCUT2D eigenvalue weighted by molar-refractivity contribution is 0.376. The number of methoxy groups -OCH3 is 1. The van der Waals surface area contributed by atoms with Gasteiger partial charge in [0.05, 0.1) is 7.11 Å². The molecule has 0 spiro atoms. The van der Waals surface area contributed by atoms with Gasteiger partial charge in [-0.15, -0.1) is 0 Å². The Labute approximate surface area is 122 Å². The third-order valence-electron chi connectivity index (χ3n) is 4.93. The predicted molar refractivity (Wildman–Crippen MR) is 83.5 cm³/mol. The summed E-state index contributed by atoms with van der Waals surface area (Å²) in [5.74, 6) is 1.76. The van der Waals surface area contributed by atoms with Crippen molar-refractivity contribution in [3.8, 4) is 5.75 Å². The molecule has 3 rings (SSSR count). The van der Waals surface area contributed by atoms with E-state index >= 15 is 0 Å². The zero-order chi connectivity index (χ0) is 13.9. The van der Waals surface area contributed by atoms with E-state index in [9.17, 15) is 0 Å². The van der Waals surface area contributed by atoms with Crippen molar-refractivity contribution in [2.75, 3.05) is 19.0 Å². The highest BCUT2D eigenvalue weighted by Crippen LogP contribution is 2.34. The van der Waals surface area contributed by atoms with Gasteiger partial charge in [-0.05, 0) is 68.8 Å². The molecule has 1 saturated carbocycles. The van der Waals surface area contributed by atoms with E-state index in [1.165, 1.54) is 49.9 Å². The fourth-order valence-corrected chi connectivity index (χ4v) is 3.91. The molecule has 110 valence electrons. The predicted octanol–water partition coefficient (Wildman–Crippen LogP) is 3.34. The maximum atomic E-state index is 5.33. The van der Waals surface area contributed by atoms with Gasteiger partial charge < -0.3 is 15.4 Å². The molecule has 1 aliphatic heterocycles. The summed E-state index contributed by atoms with van der Waals surface area (Å²) < 4.78 is 5.33. The number of rotatable bonds is 4. The van der Waals surface area contributed by atoms with Gasteiger partial charge in [-0.3, -0.25) is 0 Å². The van der Waals surface area contributed by atoms with Crippen LogP contribution in [0.5, 0.6) is 5.75 Å². The SMILES string of the molecule is COc1ccc(NC2CCCC2C2CCCN2)cc1C. The molecule has 3 nitrogen and oxygen atoms in total. The van der Waals surface area contributed by atoms with Crippen molar-refractivity contribution in [2.45, 2.75) is 51.1 Å². The number of hydrogen-bond donors (Lipinski definition) is 2. The Kier molecular flexibility index (Phi) is 4.16. The largest absolute Gasteiger partial charge is 0.496 e. The molecule has 0 bridgehead atoms. The van der Waals surface area contributed by atoms with E-state index < -0.39 is 0 Å². The monoisotopic (exact) mass is 274 g/mol. The van der Waals surface area contributed by atoms with E-state index in [1.54, 1.807) is 7.11 Å². The molecule has 0 radical (unpaired) electrons. The van der Waals surface area contributed by atoms with Crippen LogP contribution in [0.2, 0.25) is 0 Å². The highest BCUT2D eigenvalue weighted by atomic mass is 16.5. The molecule has 2 fully saturated rings. The van der Waals surface area contributed by atoms with Gasteiger partial charge in [-0.1, -0.05) is 6.42 Å². The number of ether oxygens (including phenoxy) is 1. The van der Waals surface area contributed by atoms with Gasteiger partial charge >= 0.3 is 0 Å². The number of nitrogens with one attached hydrogen (secondary N) is 2. The molecule has 20 heavy (non-hydrogen) atoms. The fourth-order valence-electron chi connectivity index (χ4n) is 3.91. The van der Waals surface area contributed by atoms with E-state index in [1.807, 2.05) is 0 Å². The Hall–Kier alpha value is -1.22. The minimum absolute atomic E-state index is 0.624. The fraction of sp³-hybridized carbons (Fsp3) is 0.647. The van der Waals surface area contributed by atoms with E-state index in [2.05, 4.69) is 35.8 Å². The highest BCUT2D eigenvalue weighted by Gasteiger charge is 2.34. The van der Waals surface area contributed by atoms with Crippen molar-refractivity contribution < 1.29 is 4.74 Å². The van der Waals surface area contributed by atoms with Gasteiger partial charge in [0.15, 0.2) is 0 Å². The molecular formula is C17H26N2O. The standard InChI is InChI=1S/C17H26N2O/c1-12-11-13(8-9-17(12)20-2)19-16-6-3-5-14(16)15-7-4-10-18-15/h8-9,11,14-16,18-19H,3-7,10H2,1-2H3. The molecule has 2 N–H and O–H groups in total. The first-order chi connectivity index (χ1) is 9.78. The maximum Gasteiger partial charge on any atom is 0.121 e. The summed E-state index contributed by atoms with van der Waals surface area (Å²) >= 11 is 0. The smallest absolute Gasteiger partial charge is 0.121 e. The molecule has 1 aromatic rings. The van der Waals surface area contributed by atoms with Crippen molar-refractivity contribution in [2.24, 2.45) is 5.92 Å². The first-order valence-corrected chi connectivity index (χ1v) is 7.92. The minimum Gasteiger partial charge on any atom is -0.496 e. The number of anilines is 1. The Morgan fingerprint density at radius 3 is 2.80 bits per heavy atom. The zero-order valence-electron chi connectivity index (χ0n) is 12.6. The molecule has 3 atom stereocenters. The molecule has 1 aliphatic carbocycles. The second-order valence-corrected chi connectivity index (χ2v) is 6.23. The number of hydrogen-bond acceptors (Lipinski definition) is 3. The third-order valence-corrected chi connectivity index (χ3v) is 4.93. The molecule has 1 saturated heterocycles. The van der Waals surface area contributed by atoms with Gasteiger partial charge in [0.1, 0.15) is 5.75 Å². The molecule has 0 aromatic heterocycles. The molecule has 2 aliphatic rings. The average molecular weight is 274 g/mol. The summed E-state index contributed by atoms with van der Waals surface area (Å²) in [6, 6.07) is 7.77. The van der Waals surface area contributed by atoms with Crippen molar-refractivity contribution in [3.05, 3.63) is 23.8 Å². The van der Waals surface area contributed by atoms with Gasteiger partial charge in [-0.25, -0.2) is 0 Å². The van der Waals surface area contributed by atoms with Crippen LogP contribution in [-0.4, -0.2) is 25.7 Å². The molecule has 3 unspecified atom stereocenters. The summed E-state index contributed by atoms with van der Waals surface area (Å²) in [5.41, 5.74) is 2.43. The zero-order valence-corrected chi connectivity index (χ0v) is 12.6. The van der Waals surface area contributed by atoms with E-state index in [0.29, 0.717) is 6.04 Å². The van der Waals surface area contributed by atoms with E-state index in [0.717, 1.165) is 17.7 Å². The Balaban J connectivity index is 1.68. The normalized spacial score (nSPS) is 29.6. The van der Waals surface area contributed by atoms with Gasteiger partial charge in [0, 0.05) is 17.8 Å². The molecule has 1 aromatic carbocycles. The second-order valence-electron chi connectivity index (χ2n) is 6.23. The van der Waals surface area contributed by atoms with Gasteiger partial charge in [-0.2, -0.15) is 0 Å². The summed E-state index contributed by atoms with van der Waals surface area (Å²) in [5, 5.41) is 7.45. The van der Waals surface area contributed by atoms with Crippen LogP contribution in [0, 0.1) is 12.8 Å². The van der Waals surface area contributed by atoms with Crippen LogP contribution in [0.15, 0.2) is 18.2 Å². The van der Waals surface area contributed by atoms with Crippen molar-refractivity contribution in [3.63, 3.8) is 0 Å². The Morgan fingerprint density at radius 1 is 1.20 bits per heavy atom. The first kappa shape index (κ1) is 13.7. The van der Waals surface area contributed by atoms with Crippen LogP contribution < -0.4 is 15.4 Å². The van der Waals surface area contributed by atoms with Gasteiger partial charge in [0.2, 0.25) is 0 Å². The molecular weight excluding hydrogens is 248 g/mol. The molecule has 0 amide bonds. The van der Waals surface area contributed by atoms with Crippen molar-refractivity contribution in [1.29, 1.82) is 0 Å². The lowest BCUT2D eigenvalue weighted by Gasteiger charge is -2.27. The van der Waals surface area contributed by atoms with Crippen LogP contribution in [-0.2, 0) is 0 Å². The highest BCUT2D eigenvalue weighted by molar-refractivity contribution is 5.51. The topological polar surface area (TPSA) is 33.3 Å². The van der Waals surface area contributed by atoms with Crippen LogP contribution in [0.4, 0.5) is 5.69 Å². The van der Waals surface area contributed by atoms with E-state index in [4.69, 9.17) is 4.74 Å². The lowest BCUT2D eigenvalue weighted by atomic mass is 9.93. The summed E-state index contributed by atoms with van der Waals surface area (Å²) in [6.07, 6.45) is 6.72. The van der Waals surface area contributed by atoms with Crippen molar-refractivity contribution in [1.82, 2.24) is 5.32 Å². The molecule has 3 heteroatoms. The quantitative estimate of drug-likeness (QED) is 0.883. The van der Waals surface area contributed by atoms with Crippen LogP contribution in [0.25, 0.3) is 0 Å². The average Bonchev–Trinajstić information content (AvgIpc) is 3.09. The third kappa shape index (κ3) is 2.78.